The number of rotatable bonds is 7. The maximum Gasteiger partial charge on any atom is 0.188 e. The van der Waals surface area contributed by atoms with Gasteiger partial charge in [-0.1, -0.05) is 18.2 Å². The van der Waals surface area contributed by atoms with E-state index >= 15 is 0 Å². The van der Waals surface area contributed by atoms with Crippen molar-refractivity contribution >= 4 is 5.96 Å². The Morgan fingerprint density at radius 3 is 2.59 bits per heavy atom. The first kappa shape index (κ1) is 20.9. The van der Waals surface area contributed by atoms with Gasteiger partial charge >= 0.3 is 0 Å². The summed E-state index contributed by atoms with van der Waals surface area (Å²) in [6, 6.07) is 12.4. The molecule has 0 radical (unpaired) electrons. The molecular weight excluding hydrogens is 373 g/mol. The van der Waals surface area contributed by atoms with Crippen LogP contribution in [0.15, 0.2) is 47.5 Å². The Morgan fingerprint density at radius 1 is 1.14 bits per heavy atom. The van der Waals surface area contributed by atoms with Crippen LogP contribution >= 0.6 is 0 Å². The number of hydrogen-bond acceptors (Lipinski definition) is 4. The molecule has 7 heteroatoms. The third kappa shape index (κ3) is 5.17. The highest BCUT2D eigenvalue weighted by molar-refractivity contribution is 5.78. The lowest BCUT2D eigenvalue weighted by atomic mass is 9.74. The average Bonchev–Trinajstić information content (AvgIpc) is 2.76. The van der Waals surface area contributed by atoms with Crippen LogP contribution in [0.1, 0.15) is 24.0 Å². The second-order valence-electron chi connectivity index (χ2n) is 7.15. The summed E-state index contributed by atoms with van der Waals surface area (Å²) >= 11 is 0. The molecule has 2 aromatic rings. The number of ether oxygens (including phenoxy) is 3. The Balaban J connectivity index is 1.68. The van der Waals surface area contributed by atoms with Crippen LogP contribution < -0.4 is 20.5 Å². The third-order valence-electron chi connectivity index (χ3n) is 5.37. The SMILES string of the molecule is COc1ccc(CN=C(N)NCC2(c3cccc(F)c3)CCOCC2)cc1OC. The van der Waals surface area contributed by atoms with E-state index < -0.39 is 0 Å². The molecular formula is C22H28FN3O3. The fourth-order valence-corrected chi connectivity index (χ4v) is 3.62. The van der Waals surface area contributed by atoms with Crippen molar-refractivity contribution in [2.45, 2.75) is 24.8 Å². The zero-order valence-electron chi connectivity index (χ0n) is 16.9. The van der Waals surface area contributed by atoms with Crippen molar-refractivity contribution in [2.24, 2.45) is 10.7 Å². The number of nitrogens with two attached hydrogens (primary N) is 1. The molecule has 0 saturated carbocycles. The Morgan fingerprint density at radius 2 is 1.90 bits per heavy atom. The first-order valence-corrected chi connectivity index (χ1v) is 9.65. The van der Waals surface area contributed by atoms with Crippen molar-refractivity contribution in [2.75, 3.05) is 34.0 Å². The Kier molecular flexibility index (Phi) is 6.93. The summed E-state index contributed by atoms with van der Waals surface area (Å²) in [5.74, 6) is 1.44. The van der Waals surface area contributed by atoms with Gasteiger partial charge in [-0.15, -0.1) is 0 Å². The van der Waals surface area contributed by atoms with Crippen molar-refractivity contribution in [3.8, 4) is 11.5 Å². The first-order valence-electron chi connectivity index (χ1n) is 9.65. The minimum Gasteiger partial charge on any atom is -0.493 e. The molecule has 3 N–H and O–H groups in total. The number of guanidine groups is 1. The van der Waals surface area contributed by atoms with Gasteiger partial charge < -0.3 is 25.3 Å². The summed E-state index contributed by atoms with van der Waals surface area (Å²) in [6.45, 7) is 2.26. The molecule has 1 aliphatic heterocycles. The van der Waals surface area contributed by atoms with E-state index in [1.54, 1.807) is 26.4 Å². The van der Waals surface area contributed by atoms with E-state index in [0.717, 1.165) is 24.0 Å². The lowest BCUT2D eigenvalue weighted by Crippen LogP contribution is -2.46. The van der Waals surface area contributed by atoms with Gasteiger partial charge in [0, 0.05) is 25.2 Å². The molecule has 1 aliphatic rings. The second kappa shape index (κ2) is 9.60. The van der Waals surface area contributed by atoms with Gasteiger partial charge in [-0.3, -0.25) is 0 Å². The molecule has 156 valence electrons. The molecule has 0 amide bonds. The summed E-state index contributed by atoms with van der Waals surface area (Å²) in [5, 5.41) is 3.23. The molecule has 2 aromatic carbocycles. The molecule has 0 aromatic heterocycles. The van der Waals surface area contributed by atoms with E-state index in [2.05, 4.69) is 10.3 Å². The molecule has 1 heterocycles. The van der Waals surface area contributed by atoms with Crippen LogP contribution in [-0.4, -0.2) is 39.9 Å². The van der Waals surface area contributed by atoms with E-state index in [4.69, 9.17) is 19.9 Å². The molecule has 29 heavy (non-hydrogen) atoms. The maximum atomic E-state index is 13.8. The van der Waals surface area contributed by atoms with Crippen LogP contribution in [0.25, 0.3) is 0 Å². The predicted octanol–water partition coefficient (Wildman–Crippen LogP) is 3.00. The topological polar surface area (TPSA) is 78.1 Å². The smallest absolute Gasteiger partial charge is 0.188 e. The predicted molar refractivity (Wildman–Crippen MR) is 111 cm³/mol. The number of hydrogen-bond donors (Lipinski definition) is 2. The van der Waals surface area contributed by atoms with Gasteiger partial charge in [-0.25, -0.2) is 9.38 Å². The summed E-state index contributed by atoms with van der Waals surface area (Å²) in [5.41, 5.74) is 7.79. The van der Waals surface area contributed by atoms with E-state index in [1.165, 1.54) is 6.07 Å². The highest BCUT2D eigenvalue weighted by Crippen LogP contribution is 2.34. The van der Waals surface area contributed by atoms with Crippen LogP contribution in [0.3, 0.4) is 0 Å². The largest absolute Gasteiger partial charge is 0.493 e. The Hall–Kier alpha value is -2.80. The number of nitrogens with one attached hydrogen (secondary N) is 1. The summed E-state index contributed by atoms with van der Waals surface area (Å²) in [4.78, 5) is 4.43. The van der Waals surface area contributed by atoms with E-state index in [0.29, 0.717) is 43.8 Å². The standard InChI is InChI=1S/C22H28FN3O3/c1-27-19-7-6-16(12-20(19)28-2)14-25-21(24)26-15-22(8-10-29-11-9-22)17-4-3-5-18(23)13-17/h3-7,12-13H,8-11,14-15H2,1-2H3,(H3,24,25,26). The van der Waals surface area contributed by atoms with Gasteiger partial charge in [0.2, 0.25) is 0 Å². The van der Waals surface area contributed by atoms with Crippen molar-refractivity contribution in [1.82, 2.24) is 5.32 Å². The first-order chi connectivity index (χ1) is 14.1. The lowest BCUT2D eigenvalue weighted by Gasteiger charge is -2.38. The van der Waals surface area contributed by atoms with E-state index in [-0.39, 0.29) is 11.2 Å². The van der Waals surface area contributed by atoms with E-state index in [1.807, 2.05) is 24.3 Å². The zero-order chi connectivity index (χ0) is 20.7. The monoisotopic (exact) mass is 401 g/mol. The third-order valence-corrected chi connectivity index (χ3v) is 5.37. The number of methoxy groups -OCH3 is 2. The molecule has 3 rings (SSSR count). The van der Waals surface area contributed by atoms with Gasteiger partial charge in [-0.05, 0) is 48.2 Å². The van der Waals surface area contributed by atoms with Gasteiger partial charge in [-0.2, -0.15) is 0 Å². The van der Waals surface area contributed by atoms with Gasteiger partial charge in [0.1, 0.15) is 5.82 Å². The quantitative estimate of drug-likeness (QED) is 0.551. The normalized spacial score (nSPS) is 16.3. The van der Waals surface area contributed by atoms with Gasteiger partial charge in [0.15, 0.2) is 17.5 Å². The van der Waals surface area contributed by atoms with Crippen molar-refractivity contribution in [3.63, 3.8) is 0 Å². The lowest BCUT2D eigenvalue weighted by molar-refractivity contribution is 0.0513. The molecule has 6 nitrogen and oxygen atoms in total. The number of aliphatic imine (C=N–C) groups is 1. The van der Waals surface area contributed by atoms with Gasteiger partial charge in [0.05, 0.1) is 20.8 Å². The summed E-state index contributed by atoms with van der Waals surface area (Å²) < 4.78 is 29.9. The van der Waals surface area contributed by atoms with Crippen LogP contribution in [-0.2, 0) is 16.7 Å². The maximum absolute atomic E-state index is 13.8. The molecule has 1 fully saturated rings. The molecule has 0 bridgehead atoms. The second-order valence-corrected chi connectivity index (χ2v) is 7.15. The van der Waals surface area contributed by atoms with Crippen molar-refractivity contribution in [1.29, 1.82) is 0 Å². The highest BCUT2D eigenvalue weighted by Gasteiger charge is 2.34. The molecule has 0 atom stereocenters. The summed E-state index contributed by atoms with van der Waals surface area (Å²) in [7, 11) is 3.20. The van der Waals surface area contributed by atoms with Crippen LogP contribution in [0.4, 0.5) is 4.39 Å². The number of benzene rings is 2. The molecule has 0 unspecified atom stereocenters. The van der Waals surface area contributed by atoms with Crippen LogP contribution in [0.2, 0.25) is 0 Å². The molecule has 0 aliphatic carbocycles. The summed E-state index contributed by atoms with van der Waals surface area (Å²) in [6.07, 6.45) is 1.60. The van der Waals surface area contributed by atoms with Gasteiger partial charge in [0.25, 0.3) is 0 Å². The highest BCUT2D eigenvalue weighted by atomic mass is 19.1. The Bertz CT molecular complexity index is 851. The average molecular weight is 401 g/mol. The Labute approximate surface area is 170 Å². The minimum atomic E-state index is -0.233. The number of halogens is 1. The van der Waals surface area contributed by atoms with Crippen molar-refractivity contribution in [3.05, 3.63) is 59.4 Å². The minimum absolute atomic E-state index is 0.232. The fraction of sp³-hybridized carbons (Fsp3) is 0.409. The van der Waals surface area contributed by atoms with Crippen LogP contribution in [0.5, 0.6) is 11.5 Å². The van der Waals surface area contributed by atoms with Crippen LogP contribution in [0, 0.1) is 5.82 Å². The molecule has 0 spiro atoms. The zero-order valence-corrected chi connectivity index (χ0v) is 16.9. The fourth-order valence-electron chi connectivity index (χ4n) is 3.62. The molecule has 1 saturated heterocycles. The van der Waals surface area contributed by atoms with Crippen molar-refractivity contribution < 1.29 is 18.6 Å². The number of nitrogens with zero attached hydrogens (tertiary/aromatic N) is 1. The van der Waals surface area contributed by atoms with E-state index in [9.17, 15) is 4.39 Å².